The molecule has 0 spiro atoms. The lowest BCUT2D eigenvalue weighted by Crippen LogP contribution is -2.35. The van der Waals surface area contributed by atoms with Crippen molar-refractivity contribution < 1.29 is 5.11 Å². The van der Waals surface area contributed by atoms with Crippen molar-refractivity contribution in [1.82, 2.24) is 5.32 Å². The van der Waals surface area contributed by atoms with Crippen LogP contribution in [0.5, 0.6) is 0 Å². The number of hydrogen-bond acceptors (Lipinski definition) is 3. The summed E-state index contributed by atoms with van der Waals surface area (Å²) in [5.74, 6) is 2.33. The van der Waals surface area contributed by atoms with Gasteiger partial charge in [0.15, 0.2) is 0 Å². The van der Waals surface area contributed by atoms with Crippen molar-refractivity contribution in [2.45, 2.75) is 31.7 Å². The van der Waals surface area contributed by atoms with Gasteiger partial charge in [-0.2, -0.15) is 11.8 Å². The maximum absolute atomic E-state index is 8.57. The summed E-state index contributed by atoms with van der Waals surface area (Å²) in [6.07, 6.45) is 5.01. The van der Waals surface area contributed by atoms with Crippen molar-refractivity contribution in [2.75, 3.05) is 24.7 Å². The molecule has 0 bridgehead atoms. The van der Waals surface area contributed by atoms with Gasteiger partial charge in [-0.15, -0.1) is 0 Å². The quantitative estimate of drug-likeness (QED) is 0.638. The van der Waals surface area contributed by atoms with Gasteiger partial charge in [-0.1, -0.05) is 6.42 Å². The number of piperidine rings is 1. The highest BCUT2D eigenvalue weighted by Crippen LogP contribution is 2.12. The van der Waals surface area contributed by atoms with Gasteiger partial charge in [0.25, 0.3) is 0 Å². The van der Waals surface area contributed by atoms with Gasteiger partial charge < -0.3 is 10.4 Å². The van der Waals surface area contributed by atoms with Crippen molar-refractivity contribution >= 4 is 11.8 Å². The fourth-order valence-electron chi connectivity index (χ4n) is 1.46. The third-order valence-electron chi connectivity index (χ3n) is 2.18. The summed E-state index contributed by atoms with van der Waals surface area (Å²) in [5, 5.41) is 12.1. The Bertz CT molecular complexity index is 105. The Kier molecular flexibility index (Phi) is 5.82. The summed E-state index contributed by atoms with van der Waals surface area (Å²) in [6.45, 7) is 1.54. The first-order valence-electron chi connectivity index (χ1n) is 4.85. The van der Waals surface area contributed by atoms with Crippen LogP contribution in [0.3, 0.4) is 0 Å². The highest BCUT2D eigenvalue weighted by molar-refractivity contribution is 7.99. The van der Waals surface area contributed by atoms with Crippen LogP contribution < -0.4 is 5.32 Å². The number of aliphatic hydroxyl groups excluding tert-OH is 1. The molecule has 0 aliphatic carbocycles. The minimum atomic E-state index is 0.338. The molecule has 1 aliphatic rings. The lowest BCUT2D eigenvalue weighted by Gasteiger charge is -2.22. The molecule has 0 aromatic carbocycles. The lowest BCUT2D eigenvalue weighted by molar-refractivity contribution is 0.296. The predicted octanol–water partition coefficient (Wildman–Crippen LogP) is 1.24. The van der Waals surface area contributed by atoms with E-state index in [0.717, 1.165) is 18.2 Å². The predicted molar refractivity (Wildman–Crippen MR) is 54.7 cm³/mol. The van der Waals surface area contributed by atoms with E-state index in [1.165, 1.54) is 31.6 Å². The van der Waals surface area contributed by atoms with Crippen LogP contribution in [0.1, 0.15) is 25.7 Å². The first-order valence-corrected chi connectivity index (χ1v) is 6.01. The van der Waals surface area contributed by atoms with Crippen LogP contribution >= 0.6 is 11.8 Å². The summed E-state index contributed by atoms with van der Waals surface area (Å²) in [7, 11) is 0. The van der Waals surface area contributed by atoms with E-state index in [-0.39, 0.29) is 0 Å². The highest BCUT2D eigenvalue weighted by Gasteiger charge is 2.11. The average Bonchev–Trinajstić information content (AvgIpc) is 2.14. The van der Waals surface area contributed by atoms with E-state index < -0.39 is 0 Å². The Morgan fingerprint density at radius 3 is 3.00 bits per heavy atom. The largest absolute Gasteiger partial charge is 0.396 e. The number of rotatable bonds is 5. The molecule has 2 N–H and O–H groups in total. The molecule has 2 nitrogen and oxygen atoms in total. The fraction of sp³-hybridized carbons (Fsp3) is 1.00. The summed E-state index contributed by atoms with van der Waals surface area (Å²) in [4.78, 5) is 0. The molecule has 0 radical (unpaired) electrons. The first kappa shape index (κ1) is 10.4. The zero-order valence-corrected chi connectivity index (χ0v) is 8.41. The molecular formula is C9H19NOS. The van der Waals surface area contributed by atoms with Crippen LogP contribution in [0, 0.1) is 0 Å². The number of hydrogen-bond donors (Lipinski definition) is 2. The Morgan fingerprint density at radius 1 is 1.42 bits per heavy atom. The zero-order valence-electron chi connectivity index (χ0n) is 7.59. The second-order valence-corrected chi connectivity index (χ2v) is 4.45. The van der Waals surface area contributed by atoms with E-state index in [9.17, 15) is 0 Å². The van der Waals surface area contributed by atoms with Gasteiger partial charge in [0.05, 0.1) is 0 Å². The van der Waals surface area contributed by atoms with E-state index in [1.807, 2.05) is 11.8 Å². The van der Waals surface area contributed by atoms with Gasteiger partial charge in [-0.3, -0.25) is 0 Å². The van der Waals surface area contributed by atoms with Gasteiger partial charge >= 0.3 is 0 Å². The van der Waals surface area contributed by atoms with Crippen molar-refractivity contribution in [3.8, 4) is 0 Å². The van der Waals surface area contributed by atoms with Gasteiger partial charge in [0.1, 0.15) is 0 Å². The summed E-state index contributed by atoms with van der Waals surface area (Å²) in [6, 6.07) is 0.738. The first-order chi connectivity index (χ1) is 5.93. The molecule has 72 valence electrons. The zero-order chi connectivity index (χ0) is 8.65. The van der Waals surface area contributed by atoms with Gasteiger partial charge in [0, 0.05) is 18.4 Å². The number of nitrogens with one attached hydrogen (secondary N) is 1. The van der Waals surface area contributed by atoms with Crippen molar-refractivity contribution in [2.24, 2.45) is 0 Å². The molecule has 1 saturated heterocycles. The molecule has 1 aliphatic heterocycles. The molecule has 1 atom stereocenters. The summed E-state index contributed by atoms with van der Waals surface area (Å²) >= 11 is 1.96. The topological polar surface area (TPSA) is 32.3 Å². The van der Waals surface area contributed by atoms with Crippen LogP contribution in [-0.4, -0.2) is 35.8 Å². The van der Waals surface area contributed by atoms with Gasteiger partial charge in [0.2, 0.25) is 0 Å². The standard InChI is InChI=1S/C9H19NOS/c11-6-3-7-12-8-9-4-1-2-5-10-9/h9-11H,1-8H2. The third kappa shape index (κ3) is 4.33. The molecule has 12 heavy (non-hydrogen) atoms. The molecule has 1 fully saturated rings. The van der Waals surface area contributed by atoms with E-state index in [4.69, 9.17) is 5.11 Å². The molecule has 0 amide bonds. The van der Waals surface area contributed by atoms with Crippen LogP contribution in [-0.2, 0) is 0 Å². The summed E-state index contributed by atoms with van der Waals surface area (Å²) < 4.78 is 0. The lowest BCUT2D eigenvalue weighted by atomic mass is 10.1. The molecule has 1 heterocycles. The van der Waals surface area contributed by atoms with Crippen molar-refractivity contribution in [3.05, 3.63) is 0 Å². The molecule has 0 aromatic rings. The monoisotopic (exact) mass is 189 g/mol. The Labute approximate surface area is 79.1 Å². The second-order valence-electron chi connectivity index (χ2n) is 3.30. The van der Waals surface area contributed by atoms with Crippen LogP contribution in [0.2, 0.25) is 0 Å². The molecule has 1 unspecified atom stereocenters. The molecule has 1 rings (SSSR count). The third-order valence-corrected chi connectivity index (χ3v) is 3.39. The Morgan fingerprint density at radius 2 is 2.33 bits per heavy atom. The van der Waals surface area contributed by atoms with Crippen LogP contribution in [0.15, 0.2) is 0 Å². The van der Waals surface area contributed by atoms with Gasteiger partial charge in [-0.25, -0.2) is 0 Å². The van der Waals surface area contributed by atoms with E-state index >= 15 is 0 Å². The Hall–Kier alpha value is 0.270. The minimum Gasteiger partial charge on any atom is -0.396 e. The SMILES string of the molecule is OCCCSCC1CCCCN1. The maximum Gasteiger partial charge on any atom is 0.0438 e. The van der Waals surface area contributed by atoms with Crippen molar-refractivity contribution in [3.63, 3.8) is 0 Å². The minimum absolute atomic E-state index is 0.338. The van der Waals surface area contributed by atoms with Gasteiger partial charge in [-0.05, 0) is 31.6 Å². The molecule has 3 heteroatoms. The molecular weight excluding hydrogens is 170 g/mol. The summed E-state index contributed by atoms with van der Waals surface area (Å²) in [5.41, 5.74) is 0. The smallest absolute Gasteiger partial charge is 0.0438 e. The maximum atomic E-state index is 8.57. The van der Waals surface area contributed by atoms with E-state index in [0.29, 0.717) is 6.61 Å². The number of thioether (sulfide) groups is 1. The Balaban J connectivity index is 1.91. The average molecular weight is 189 g/mol. The van der Waals surface area contributed by atoms with E-state index in [1.54, 1.807) is 0 Å². The molecule has 0 aromatic heterocycles. The fourth-order valence-corrected chi connectivity index (χ4v) is 2.53. The van der Waals surface area contributed by atoms with E-state index in [2.05, 4.69) is 5.32 Å². The number of aliphatic hydroxyl groups is 1. The van der Waals surface area contributed by atoms with Crippen LogP contribution in [0.4, 0.5) is 0 Å². The normalized spacial score (nSPS) is 24.2. The van der Waals surface area contributed by atoms with Crippen molar-refractivity contribution in [1.29, 1.82) is 0 Å². The molecule has 0 saturated carbocycles. The highest BCUT2D eigenvalue weighted by atomic mass is 32.2. The second kappa shape index (κ2) is 6.75. The van der Waals surface area contributed by atoms with Crippen LogP contribution in [0.25, 0.3) is 0 Å².